The molecule has 1 aliphatic carbocycles. The lowest BCUT2D eigenvalue weighted by molar-refractivity contribution is -0.220. The van der Waals surface area contributed by atoms with E-state index >= 15 is 0 Å². The highest BCUT2D eigenvalue weighted by Gasteiger charge is 2.51. The van der Waals surface area contributed by atoms with Gasteiger partial charge in [0.15, 0.2) is 6.10 Å². The normalized spacial score (nSPS) is 24.0. The quantitative estimate of drug-likeness (QED) is 0.0132. The van der Waals surface area contributed by atoms with E-state index in [0.717, 1.165) is 25.7 Å². The number of carbonyl (C=O) groups is 2. The van der Waals surface area contributed by atoms with Crippen molar-refractivity contribution in [3.05, 3.63) is 97.2 Å². The van der Waals surface area contributed by atoms with Crippen molar-refractivity contribution >= 4 is 19.8 Å². The standard InChI is InChI=1S/C47H75O16P/c1-3-5-7-8-9-10-11-12-13-14-15-16-17-22-26-32-41(52)62-37(35-61-64(58,59)63-47-45(56)43(54)42(53)44(55)46(47)57)34-60-40(51)33-27-31-39(50)38(49)30-25-21-19-18-20-24-29-36(48)28-23-6-4-2/h6,9-10,12-13,15-16,18-21,23-25,29-30,36-39,42-50,53-57H,3-5,7-8,11,14,17,22,26-28,31-35H2,1-2H3,(H,58,59)/b10-9-,13-12-,16-15-,20-18+,21-19-,23-6-,29-24+,30-25-/t36-,37-,38+,39+,42?,43-,44+,45-,46-,47?/m1/s1. The molecule has 1 saturated carbocycles. The summed E-state index contributed by atoms with van der Waals surface area (Å²) in [6.07, 6.45) is 22.5. The van der Waals surface area contributed by atoms with Crippen LogP contribution >= 0.6 is 7.82 Å². The lowest BCUT2D eigenvalue weighted by Gasteiger charge is -2.41. The van der Waals surface area contributed by atoms with Crippen molar-refractivity contribution in [2.24, 2.45) is 0 Å². The summed E-state index contributed by atoms with van der Waals surface area (Å²) < 4.78 is 33.2. The molecule has 0 aliphatic heterocycles. The summed E-state index contributed by atoms with van der Waals surface area (Å²) in [6, 6.07) is 0. The number of esters is 2. The van der Waals surface area contributed by atoms with E-state index in [0.29, 0.717) is 25.7 Å². The Morgan fingerprint density at radius 1 is 0.625 bits per heavy atom. The molecule has 0 radical (unpaired) electrons. The Morgan fingerprint density at radius 2 is 1.17 bits per heavy atom. The van der Waals surface area contributed by atoms with Crippen LogP contribution in [0.25, 0.3) is 0 Å². The van der Waals surface area contributed by atoms with Crippen LogP contribution in [0.3, 0.4) is 0 Å². The van der Waals surface area contributed by atoms with Crippen LogP contribution in [0.4, 0.5) is 0 Å². The summed E-state index contributed by atoms with van der Waals surface area (Å²) in [4.78, 5) is 35.7. The van der Waals surface area contributed by atoms with E-state index in [2.05, 4.69) is 31.2 Å². The molecule has 1 fully saturated rings. The first kappa shape index (κ1) is 58.7. The molecule has 0 amide bonds. The molecule has 0 bridgehead atoms. The van der Waals surface area contributed by atoms with Gasteiger partial charge in [0, 0.05) is 12.8 Å². The molecule has 17 heteroatoms. The summed E-state index contributed by atoms with van der Waals surface area (Å²) in [5, 5.41) is 80.6. The molecule has 16 nitrogen and oxygen atoms in total. The molecule has 0 aromatic heterocycles. The van der Waals surface area contributed by atoms with Crippen LogP contribution in [0.5, 0.6) is 0 Å². The van der Waals surface area contributed by atoms with E-state index in [9.17, 15) is 59.9 Å². The van der Waals surface area contributed by atoms with Gasteiger partial charge in [-0.15, -0.1) is 0 Å². The predicted octanol–water partition coefficient (Wildman–Crippen LogP) is 5.19. The van der Waals surface area contributed by atoms with Crippen LogP contribution < -0.4 is 0 Å². The number of carbonyl (C=O) groups excluding carboxylic acids is 2. The highest BCUT2D eigenvalue weighted by atomic mass is 31.2. The zero-order valence-electron chi connectivity index (χ0n) is 37.4. The maximum absolute atomic E-state index is 12.8. The third-order valence-electron chi connectivity index (χ3n) is 9.75. The number of rotatable bonds is 34. The molecular formula is C47H75O16P. The van der Waals surface area contributed by atoms with Gasteiger partial charge in [-0.2, -0.15) is 0 Å². The second-order valence-electron chi connectivity index (χ2n) is 15.4. The van der Waals surface area contributed by atoms with E-state index in [-0.39, 0.29) is 25.7 Å². The van der Waals surface area contributed by atoms with Crippen molar-refractivity contribution in [2.45, 2.75) is 171 Å². The van der Waals surface area contributed by atoms with Crippen molar-refractivity contribution in [3.8, 4) is 0 Å². The summed E-state index contributed by atoms with van der Waals surface area (Å²) >= 11 is 0. The second-order valence-corrected chi connectivity index (χ2v) is 16.8. The molecule has 11 atom stereocenters. The van der Waals surface area contributed by atoms with Gasteiger partial charge in [0.1, 0.15) is 43.2 Å². The molecule has 9 N–H and O–H groups in total. The average molecular weight is 927 g/mol. The van der Waals surface area contributed by atoms with Crippen molar-refractivity contribution in [3.63, 3.8) is 0 Å². The third-order valence-corrected chi connectivity index (χ3v) is 10.7. The van der Waals surface area contributed by atoms with Crippen molar-refractivity contribution in [1.82, 2.24) is 0 Å². The summed E-state index contributed by atoms with van der Waals surface area (Å²) in [5.74, 6) is -1.49. The van der Waals surface area contributed by atoms with Crippen LogP contribution in [0.15, 0.2) is 97.2 Å². The molecule has 0 saturated heterocycles. The van der Waals surface area contributed by atoms with Gasteiger partial charge in [0.05, 0.1) is 24.9 Å². The number of hydrogen-bond acceptors (Lipinski definition) is 15. The van der Waals surface area contributed by atoms with Crippen LogP contribution in [0.2, 0.25) is 0 Å². The van der Waals surface area contributed by atoms with Crippen molar-refractivity contribution in [1.29, 1.82) is 0 Å². The van der Waals surface area contributed by atoms with E-state index in [1.54, 1.807) is 42.5 Å². The van der Waals surface area contributed by atoms with E-state index in [1.165, 1.54) is 25.3 Å². The van der Waals surface area contributed by atoms with Crippen LogP contribution in [0.1, 0.15) is 110 Å². The largest absolute Gasteiger partial charge is 0.472 e. The minimum atomic E-state index is -5.22. The summed E-state index contributed by atoms with van der Waals surface area (Å²) in [6.45, 7) is 2.72. The lowest BCUT2D eigenvalue weighted by Crippen LogP contribution is -2.64. The Kier molecular flexibility index (Phi) is 32.9. The maximum Gasteiger partial charge on any atom is 0.472 e. The monoisotopic (exact) mass is 926 g/mol. The highest BCUT2D eigenvalue weighted by molar-refractivity contribution is 7.47. The Balaban J connectivity index is 2.67. The fourth-order valence-corrected chi connectivity index (χ4v) is 6.96. The van der Waals surface area contributed by atoms with Crippen LogP contribution in [0, 0.1) is 0 Å². The van der Waals surface area contributed by atoms with E-state index in [4.69, 9.17) is 18.5 Å². The Labute approximate surface area is 378 Å². The zero-order valence-corrected chi connectivity index (χ0v) is 38.3. The van der Waals surface area contributed by atoms with Gasteiger partial charge in [-0.1, -0.05) is 124 Å². The van der Waals surface area contributed by atoms with Gasteiger partial charge >= 0.3 is 19.8 Å². The number of hydrogen-bond donors (Lipinski definition) is 9. The first-order chi connectivity index (χ1) is 30.6. The van der Waals surface area contributed by atoms with Crippen molar-refractivity contribution in [2.75, 3.05) is 13.2 Å². The molecule has 1 rings (SSSR count). The van der Waals surface area contributed by atoms with Gasteiger partial charge < -0.3 is 55.2 Å². The van der Waals surface area contributed by atoms with Gasteiger partial charge in [-0.05, 0) is 70.6 Å². The Morgan fingerprint density at radius 3 is 1.78 bits per heavy atom. The SMILES string of the molecule is CC/C=C\C[C@@H](O)/C=C/C=C/C=C\C=C/[C@H](O)[C@@H](O)CCCC(=O)OC[C@H](COP(=O)(O)OC1[C@H](O)[C@H](O)C(O)[C@H](O)[C@H]1O)OC(=O)CCCC/C=C\C/C=C\C/C=C\CCCCC. The van der Waals surface area contributed by atoms with Gasteiger partial charge in [-0.25, -0.2) is 4.57 Å². The fraction of sp³-hybridized carbons (Fsp3) is 0.617. The molecule has 0 heterocycles. The molecule has 3 unspecified atom stereocenters. The number of aliphatic hydroxyl groups is 8. The number of allylic oxidation sites excluding steroid dienone is 13. The number of phosphoric acid groups is 1. The van der Waals surface area contributed by atoms with Gasteiger partial charge in [-0.3, -0.25) is 18.6 Å². The Bertz CT molecular complexity index is 1540. The van der Waals surface area contributed by atoms with Crippen LogP contribution in [-0.2, 0) is 32.7 Å². The second kappa shape index (κ2) is 35.9. The summed E-state index contributed by atoms with van der Waals surface area (Å²) in [5.41, 5.74) is 0. The smallest absolute Gasteiger partial charge is 0.462 e. The first-order valence-electron chi connectivity index (χ1n) is 22.4. The molecule has 0 aromatic rings. The van der Waals surface area contributed by atoms with Crippen LogP contribution in [-0.4, -0.2) is 132 Å². The van der Waals surface area contributed by atoms with E-state index in [1.807, 2.05) is 31.2 Å². The zero-order chi connectivity index (χ0) is 47.6. The van der Waals surface area contributed by atoms with Gasteiger partial charge in [0.2, 0.25) is 0 Å². The van der Waals surface area contributed by atoms with Crippen molar-refractivity contribution < 1.29 is 78.4 Å². The topological polar surface area (TPSA) is 270 Å². The van der Waals surface area contributed by atoms with Gasteiger partial charge in [0.25, 0.3) is 0 Å². The summed E-state index contributed by atoms with van der Waals surface area (Å²) in [7, 11) is -5.22. The number of aliphatic hydroxyl groups excluding tert-OH is 8. The molecule has 364 valence electrons. The molecule has 64 heavy (non-hydrogen) atoms. The number of ether oxygens (including phenoxy) is 2. The molecule has 0 aromatic carbocycles. The van der Waals surface area contributed by atoms with E-state index < -0.39 is 94.0 Å². The lowest BCUT2D eigenvalue weighted by atomic mass is 9.85. The average Bonchev–Trinajstić information content (AvgIpc) is 3.26. The minimum Gasteiger partial charge on any atom is -0.462 e. The maximum atomic E-state index is 12.8. The first-order valence-corrected chi connectivity index (χ1v) is 23.9. The predicted molar refractivity (Wildman–Crippen MR) is 243 cm³/mol. The third kappa shape index (κ3) is 27.9. The fourth-order valence-electron chi connectivity index (χ4n) is 5.99. The number of unbranched alkanes of at least 4 members (excludes halogenated alkanes) is 5. The minimum absolute atomic E-state index is 0.0272. The molecule has 0 spiro atoms. The Hall–Kier alpha value is -3.35. The molecule has 1 aliphatic rings. The highest BCUT2D eigenvalue weighted by Crippen LogP contribution is 2.47. The molecular weight excluding hydrogens is 851 g/mol. The number of phosphoric ester groups is 1.